The molecule has 502 valence electrons. The van der Waals surface area contributed by atoms with Gasteiger partial charge < -0.3 is 86.3 Å². The number of ketones is 2. The van der Waals surface area contributed by atoms with Crippen molar-refractivity contribution in [2.75, 3.05) is 59.7 Å². The van der Waals surface area contributed by atoms with Crippen molar-refractivity contribution >= 4 is 46.8 Å². The SMILES string of the molecule is CCCCCOc1ccc(-c2ccc(-c3ccc(C(=O)C[C@H]4C[C@@H](O)[C@@H](OCC[N+](C)(C)C)NC(=O)[C@@H]5[C@@H](O)[C@@H](CCCC)CN5C(=O)[C@H]([C@@H](C)O)NC(=O)[C@H]([C@H](O)[C@@H](O)c5ccc(O)c(N)c5)CC(=O)[C@@H]5C[C@@H](O)CN5C(=O)[C@H]([C@@H](C)O)NC4=O)cc3)cc2)cc1. The van der Waals surface area contributed by atoms with Gasteiger partial charge in [0, 0.05) is 49.8 Å². The number of benzene rings is 4. The summed E-state index contributed by atoms with van der Waals surface area (Å²) in [5.41, 5.74) is 9.29. The lowest BCUT2D eigenvalue weighted by Gasteiger charge is -2.34. The first-order chi connectivity index (χ1) is 43.6. The van der Waals surface area contributed by atoms with Gasteiger partial charge in [-0.25, -0.2) is 0 Å². The number of fused-ring (bicyclic) bond motifs is 2. The van der Waals surface area contributed by atoms with Gasteiger partial charge in [0.05, 0.1) is 88.6 Å². The second kappa shape index (κ2) is 32.4. The van der Waals surface area contributed by atoms with Gasteiger partial charge in [-0.1, -0.05) is 106 Å². The number of anilines is 1. The number of carbonyl (C=O) groups excluding carboxylic acids is 7. The normalized spacial score (nSPS) is 26.2. The Bertz CT molecular complexity index is 3160. The zero-order valence-corrected chi connectivity index (χ0v) is 53.6. The Kier molecular flexibility index (Phi) is 25.4. The van der Waals surface area contributed by atoms with E-state index in [2.05, 4.69) is 22.9 Å². The number of phenolic OH excluding ortho intramolecular Hbond substituents is 1. The summed E-state index contributed by atoms with van der Waals surface area (Å²) in [7, 11) is 5.58. The number of rotatable bonds is 22. The highest BCUT2D eigenvalue weighted by atomic mass is 16.5. The number of nitrogen functional groups attached to an aromatic ring is 1. The molecular weight excluding hydrogens is 1190 g/mol. The number of amides is 5. The van der Waals surface area contributed by atoms with Crippen LogP contribution >= 0.6 is 0 Å². The predicted octanol–water partition coefficient (Wildman–Crippen LogP) is 2.74. The molecule has 3 aliphatic heterocycles. The van der Waals surface area contributed by atoms with Gasteiger partial charge in [0.1, 0.15) is 42.3 Å². The van der Waals surface area contributed by atoms with E-state index >= 15 is 4.79 Å². The molecule has 3 saturated heterocycles. The van der Waals surface area contributed by atoms with E-state index in [4.69, 9.17) is 15.2 Å². The molecule has 0 bridgehead atoms. The van der Waals surface area contributed by atoms with Gasteiger partial charge >= 0.3 is 0 Å². The van der Waals surface area contributed by atoms with Crippen molar-refractivity contribution < 1.29 is 88.4 Å². The van der Waals surface area contributed by atoms with Crippen molar-refractivity contribution in [2.24, 2.45) is 17.8 Å². The number of hydrogen-bond acceptors (Lipinski definition) is 18. The number of aromatic hydroxyl groups is 1. The topological polar surface area (TPSA) is 368 Å². The molecule has 0 aliphatic carbocycles. The molecule has 7 rings (SSSR count). The number of ether oxygens (including phenoxy) is 2. The zero-order valence-electron chi connectivity index (χ0n) is 53.6. The van der Waals surface area contributed by atoms with Crippen LogP contribution in [0.1, 0.15) is 114 Å². The summed E-state index contributed by atoms with van der Waals surface area (Å²) in [6.07, 6.45) is -12.3. The van der Waals surface area contributed by atoms with Gasteiger partial charge in [0.2, 0.25) is 29.5 Å². The zero-order chi connectivity index (χ0) is 67.3. The number of hydrogen-bond donors (Lipinski definition) is 12. The van der Waals surface area contributed by atoms with E-state index in [-0.39, 0.29) is 35.7 Å². The molecule has 0 unspecified atom stereocenters. The average molecular weight is 1280 g/mol. The van der Waals surface area contributed by atoms with Crippen LogP contribution in [-0.2, 0) is 33.5 Å². The van der Waals surface area contributed by atoms with Crippen LogP contribution in [0.3, 0.4) is 0 Å². The quantitative estimate of drug-likeness (QED) is 0.0177. The summed E-state index contributed by atoms with van der Waals surface area (Å²) in [4.78, 5) is 106. The third kappa shape index (κ3) is 18.5. The molecule has 0 spiro atoms. The fourth-order valence-corrected chi connectivity index (χ4v) is 12.0. The third-order valence-corrected chi connectivity index (χ3v) is 17.6. The Morgan fingerprint density at radius 2 is 1.25 bits per heavy atom. The van der Waals surface area contributed by atoms with Crippen molar-refractivity contribution in [1.82, 2.24) is 25.8 Å². The second-order valence-corrected chi connectivity index (χ2v) is 25.9. The molecule has 13 N–H and O–H groups in total. The van der Waals surface area contributed by atoms with E-state index < -0.39 is 164 Å². The van der Waals surface area contributed by atoms with Crippen LogP contribution in [0, 0.1) is 17.8 Å². The van der Waals surface area contributed by atoms with E-state index in [1.165, 1.54) is 13.0 Å². The molecule has 24 nitrogen and oxygen atoms in total. The number of carbonyl (C=O) groups is 7. The Morgan fingerprint density at radius 1 is 0.685 bits per heavy atom. The third-order valence-electron chi connectivity index (χ3n) is 17.6. The maximum Gasteiger partial charge on any atom is 0.248 e. The maximum atomic E-state index is 15.0. The van der Waals surface area contributed by atoms with E-state index in [1.807, 2.05) is 76.6 Å². The number of aliphatic hydroxyl groups is 7. The molecular formula is C68H94N7O17+. The van der Waals surface area contributed by atoms with Gasteiger partial charge in [0.15, 0.2) is 17.8 Å². The van der Waals surface area contributed by atoms with Gasteiger partial charge in [-0.15, -0.1) is 0 Å². The minimum atomic E-state index is -2.23. The number of nitrogens with one attached hydrogen (secondary N) is 3. The molecule has 92 heavy (non-hydrogen) atoms. The van der Waals surface area contributed by atoms with Crippen LogP contribution in [0.15, 0.2) is 91.0 Å². The summed E-state index contributed by atoms with van der Waals surface area (Å²) in [6.45, 7) is 6.39. The predicted molar refractivity (Wildman–Crippen MR) is 341 cm³/mol. The standard InChI is InChI=1S/C68H93N7O17/c1-8-10-12-29-91-49-25-22-43(23-26-49)41-16-14-40(15-17-41)42-18-20-44(21-19-42)54(80)32-47-33-56(82)66(92-30-28-75(5,6)7)72-65(88)59-60(83)46(13-11-9-2)36-74(59)68(90)58(39(4)77)71-64(87)50(62(85)61(84)45-24-27-53(79)51(69)31-45)35-55(81)52-34-48(78)37-73(52)67(89)57(38(3)76)70-63(47)86/h14-27,31,38-39,46-48,50,52,56-62,66,76-78,82-85H,8-13,28-30,32-37,69H2,1-7H3,(H3-,70,71,72,79,86,87,88)/p+1/t38-,39-,46+,47+,48-,50+,52+,56-,57+,58+,59+,60+,61+,62+,66-/m1/s1. The number of Topliss-reactive ketones (excluding diaryl/α,β-unsaturated/α-hetero) is 2. The second-order valence-electron chi connectivity index (χ2n) is 25.9. The highest BCUT2D eigenvalue weighted by molar-refractivity contribution is 6.01. The number of phenols is 1. The van der Waals surface area contributed by atoms with Crippen LogP contribution in [-0.4, -0.2) is 217 Å². The molecule has 0 aromatic heterocycles. The molecule has 4 aromatic rings. The number of quaternary nitrogens is 1. The Hall–Kier alpha value is -7.39. The van der Waals surface area contributed by atoms with Crippen molar-refractivity contribution in [1.29, 1.82) is 0 Å². The molecule has 0 radical (unpaired) electrons. The van der Waals surface area contributed by atoms with Crippen molar-refractivity contribution in [3.8, 4) is 33.8 Å². The Morgan fingerprint density at radius 3 is 1.82 bits per heavy atom. The van der Waals surface area contributed by atoms with Gasteiger partial charge in [0.25, 0.3) is 0 Å². The van der Waals surface area contributed by atoms with Crippen LogP contribution in [0.2, 0.25) is 0 Å². The van der Waals surface area contributed by atoms with E-state index in [1.54, 1.807) is 24.3 Å². The summed E-state index contributed by atoms with van der Waals surface area (Å²) >= 11 is 0. The van der Waals surface area contributed by atoms with Crippen LogP contribution in [0.5, 0.6) is 11.5 Å². The molecule has 0 saturated carbocycles. The number of unbranched alkanes of at least 4 members (excludes halogenated alkanes) is 3. The average Bonchev–Trinajstić information content (AvgIpc) is 1.60. The van der Waals surface area contributed by atoms with E-state index in [0.717, 1.165) is 76.1 Å². The highest BCUT2D eigenvalue weighted by Gasteiger charge is 2.51. The summed E-state index contributed by atoms with van der Waals surface area (Å²) in [6, 6.07) is 18.5. The first-order valence-electron chi connectivity index (χ1n) is 31.9. The van der Waals surface area contributed by atoms with Crippen LogP contribution in [0.25, 0.3) is 22.3 Å². The summed E-state index contributed by atoms with van der Waals surface area (Å²) in [5.74, 6) is -11.0. The molecule has 24 heteroatoms. The fourth-order valence-electron chi connectivity index (χ4n) is 12.0. The maximum absolute atomic E-state index is 15.0. The first-order valence-corrected chi connectivity index (χ1v) is 31.9. The van der Waals surface area contributed by atoms with Crippen molar-refractivity contribution in [3.63, 3.8) is 0 Å². The van der Waals surface area contributed by atoms with Gasteiger partial charge in [-0.2, -0.15) is 0 Å². The lowest BCUT2D eigenvalue weighted by molar-refractivity contribution is -0.870. The molecule has 5 amide bonds. The monoisotopic (exact) mass is 1280 g/mol. The summed E-state index contributed by atoms with van der Waals surface area (Å²) < 4.78 is 12.4. The van der Waals surface area contributed by atoms with Crippen molar-refractivity contribution in [2.45, 2.75) is 165 Å². The molecule has 3 fully saturated rings. The van der Waals surface area contributed by atoms with Crippen molar-refractivity contribution in [3.05, 3.63) is 102 Å². The van der Waals surface area contributed by atoms with Gasteiger partial charge in [-0.3, -0.25) is 33.6 Å². The largest absolute Gasteiger partial charge is 0.506 e. The Balaban J connectivity index is 1.26. The summed E-state index contributed by atoms with van der Waals surface area (Å²) in [5, 5.41) is 99.5. The minimum Gasteiger partial charge on any atom is -0.506 e. The molecule has 4 aromatic carbocycles. The smallest absolute Gasteiger partial charge is 0.248 e. The number of nitrogens with two attached hydrogens (primary N) is 1. The van der Waals surface area contributed by atoms with E-state index in [0.29, 0.717) is 36.9 Å². The van der Waals surface area contributed by atoms with Crippen LogP contribution < -0.4 is 26.4 Å². The van der Waals surface area contributed by atoms with Gasteiger partial charge in [-0.05, 0) is 85.2 Å². The van der Waals surface area contributed by atoms with E-state index in [9.17, 15) is 69.6 Å². The Labute approximate surface area is 537 Å². The minimum absolute atomic E-state index is 0.120. The lowest BCUT2D eigenvalue weighted by Crippen LogP contribution is -2.61. The highest BCUT2D eigenvalue weighted by Crippen LogP contribution is 2.35. The fraction of sp³-hybridized carbons (Fsp3) is 0.544. The molecule has 3 heterocycles. The number of nitrogens with zero attached hydrogens (tertiary/aromatic N) is 3. The molecule has 15 atom stereocenters. The lowest BCUT2D eigenvalue weighted by atomic mass is 9.86. The van der Waals surface area contributed by atoms with Crippen LogP contribution in [0.4, 0.5) is 5.69 Å². The number of aliphatic hydroxyl groups excluding tert-OH is 7. The number of likely N-dealkylation sites (N-methyl/N-ethyl adjacent to an activating group) is 1. The first kappa shape index (κ1) is 72.0. The molecule has 3 aliphatic rings.